The molecule has 11 heteroatoms. The van der Waals surface area contributed by atoms with Crippen LogP contribution in [0.2, 0.25) is 0 Å². The van der Waals surface area contributed by atoms with Crippen LogP contribution >= 0.6 is 14.5 Å². The van der Waals surface area contributed by atoms with Crippen molar-refractivity contribution in [3.8, 4) is 0 Å². The summed E-state index contributed by atoms with van der Waals surface area (Å²) < 4.78 is 58.9. The van der Waals surface area contributed by atoms with Crippen LogP contribution < -0.4 is 40.1 Å². The summed E-state index contributed by atoms with van der Waals surface area (Å²) in [6.07, 6.45) is 7.56. The van der Waals surface area contributed by atoms with Gasteiger partial charge >= 0.3 is 53.6 Å². The van der Waals surface area contributed by atoms with Gasteiger partial charge in [-0.15, -0.1) is 0 Å². The Morgan fingerprint density at radius 1 is 0.377 bits per heavy atom. The van der Waals surface area contributed by atoms with Gasteiger partial charge in [0.15, 0.2) is 0 Å². The maximum absolute atomic E-state index is 9.38. The second kappa shape index (κ2) is 17.0. The van der Waals surface area contributed by atoms with Crippen LogP contribution in [0.4, 0.5) is 0 Å². The predicted octanol–water partition coefficient (Wildman–Crippen LogP) is 5.14. The Morgan fingerprint density at radius 2 is 0.566 bits per heavy atom. The third-order valence-electron chi connectivity index (χ3n) is 9.46. The van der Waals surface area contributed by atoms with Gasteiger partial charge in [0, 0.05) is 0 Å². The molecule has 2 atom stereocenters. The Hall–Kier alpha value is -3.94. The first-order valence-corrected chi connectivity index (χ1v) is 24.9. The molecule has 0 fully saturated rings. The Morgan fingerprint density at radius 3 is 0.698 bits per heavy atom. The van der Waals surface area contributed by atoms with Crippen molar-refractivity contribution in [3.05, 3.63) is 194 Å². The van der Waals surface area contributed by atoms with Crippen LogP contribution in [0.3, 0.4) is 0 Å². The summed E-state index contributed by atoms with van der Waals surface area (Å²) in [7, 11) is -4.00. The number of hydrogen-bond acceptors (Lipinski definition) is 7. The van der Waals surface area contributed by atoms with Crippen LogP contribution in [-0.4, -0.2) is 11.3 Å². The van der Waals surface area contributed by atoms with Gasteiger partial charge < -0.3 is 0 Å². The summed E-state index contributed by atoms with van der Waals surface area (Å²) in [4.78, 5) is 0. The van der Waals surface area contributed by atoms with Crippen LogP contribution in [0.1, 0.15) is 12.8 Å². The second-order valence-corrected chi connectivity index (χ2v) is 23.4. The summed E-state index contributed by atoms with van der Waals surface area (Å²) in [6, 6.07) is 68.1. The summed E-state index contributed by atoms with van der Waals surface area (Å²) in [5.74, 6) is 0. The average Bonchev–Trinajstić information content (AvgIpc) is 3.17. The van der Waals surface area contributed by atoms with E-state index in [0.29, 0.717) is 11.3 Å². The molecule has 0 aromatic heterocycles. The molecule has 0 aliphatic heterocycles. The topological polar surface area (TPSA) is 124 Å². The van der Waals surface area contributed by atoms with Gasteiger partial charge in [-0.1, -0.05) is 109 Å². The Balaban J connectivity index is 0.000000475. The molecule has 0 radical (unpaired) electrons. The molecule has 53 heavy (non-hydrogen) atoms. The molecule has 0 amide bonds. The Kier molecular flexibility index (Phi) is 12.5. The molecule has 6 aromatic rings. The molecule has 7 rings (SSSR count). The van der Waals surface area contributed by atoms with Gasteiger partial charge in [-0.2, -0.15) is 0 Å². The second-order valence-electron chi connectivity index (χ2n) is 12.4. The molecule has 0 spiro atoms. The fraction of sp³-hybridized carbons (Fsp3) is 0.0952. The van der Waals surface area contributed by atoms with E-state index in [1.165, 1.54) is 31.8 Å². The van der Waals surface area contributed by atoms with Crippen LogP contribution in [0.25, 0.3) is 0 Å². The zero-order chi connectivity index (χ0) is 37.4. The summed E-state index contributed by atoms with van der Waals surface area (Å²) >= 11 is -12.1. The van der Waals surface area contributed by atoms with E-state index >= 15 is 0 Å². The fourth-order valence-electron chi connectivity index (χ4n) is 7.56. The molecule has 0 saturated carbocycles. The van der Waals surface area contributed by atoms with E-state index in [9.17, 15) is 23.5 Å². The fourth-order valence-corrected chi connectivity index (χ4v) is 18.9. The average molecular weight is 821 g/mol. The van der Waals surface area contributed by atoms with Gasteiger partial charge in [-0.3, -0.25) is 0 Å². The van der Waals surface area contributed by atoms with Crippen molar-refractivity contribution in [2.24, 2.45) is 0 Å². The van der Waals surface area contributed by atoms with Crippen molar-refractivity contribution >= 4 is 46.4 Å². The van der Waals surface area contributed by atoms with Crippen molar-refractivity contribution in [1.82, 2.24) is 0 Å². The molecule has 0 saturated heterocycles. The van der Waals surface area contributed by atoms with Crippen molar-refractivity contribution in [2.45, 2.75) is 24.2 Å². The van der Waals surface area contributed by atoms with Gasteiger partial charge in [0.2, 0.25) is 0 Å². The van der Waals surface area contributed by atoms with Crippen LogP contribution in [0, 0.1) is 0 Å². The van der Waals surface area contributed by atoms with E-state index < -0.39 is 41.8 Å². The molecule has 1 aliphatic carbocycles. The van der Waals surface area contributed by atoms with E-state index in [1.54, 1.807) is 0 Å². The molecular formula is C42H38Cr2O7P2. The van der Waals surface area contributed by atoms with Crippen molar-refractivity contribution < 1.29 is 53.6 Å². The van der Waals surface area contributed by atoms with Crippen LogP contribution in [0.5, 0.6) is 0 Å². The molecule has 6 aromatic carbocycles. The molecule has 0 bridgehead atoms. The van der Waals surface area contributed by atoms with Crippen molar-refractivity contribution in [1.29, 1.82) is 0 Å². The molecule has 7 nitrogen and oxygen atoms in total. The molecular weight excluding hydrogens is 782 g/mol. The van der Waals surface area contributed by atoms with Gasteiger partial charge in [0.1, 0.15) is 57.7 Å². The van der Waals surface area contributed by atoms with E-state index in [0.717, 1.165) is 12.8 Å². The SMILES string of the molecule is C1=CC([P+](c2ccccc2)(c2ccccc2)c2ccccc2)CCC1[P+](c1ccccc1)(c1ccccc1)c1ccccc1.[O]=[Cr](=[O])([O-])[O][Cr](=[O])(=[O])[O-]. The van der Waals surface area contributed by atoms with E-state index in [4.69, 9.17) is 0 Å². The molecule has 2 unspecified atom stereocenters. The first-order chi connectivity index (χ1) is 25.5. The van der Waals surface area contributed by atoms with Crippen LogP contribution in [0.15, 0.2) is 194 Å². The summed E-state index contributed by atoms with van der Waals surface area (Å²) in [6.45, 7) is 0. The minimum atomic E-state index is -6.07. The number of benzene rings is 6. The summed E-state index contributed by atoms with van der Waals surface area (Å²) in [5, 5.41) is 8.75. The normalized spacial score (nSPS) is 16.3. The van der Waals surface area contributed by atoms with E-state index in [2.05, 4.69) is 197 Å². The van der Waals surface area contributed by atoms with E-state index in [1.807, 2.05) is 0 Å². The monoisotopic (exact) mass is 820 g/mol. The van der Waals surface area contributed by atoms with Crippen LogP contribution in [-0.2, 0) is 45.3 Å². The zero-order valence-electron chi connectivity index (χ0n) is 28.6. The van der Waals surface area contributed by atoms with Gasteiger partial charge in [0.05, 0.1) is 0 Å². The molecule has 270 valence electrons. The predicted molar refractivity (Wildman–Crippen MR) is 200 cm³/mol. The van der Waals surface area contributed by atoms with Gasteiger partial charge in [-0.25, -0.2) is 0 Å². The third kappa shape index (κ3) is 8.73. The molecule has 1 aliphatic rings. The van der Waals surface area contributed by atoms with E-state index in [-0.39, 0.29) is 0 Å². The standard InChI is InChI=1S/C42H38P2.2Cr.7O/c1-7-19-35(20-8-1)43(36-21-9-2-10-22-36,37-23-11-3-12-24-37)41-31-33-42(34-32-41)44(38-25-13-4-14-26-38,39-27-15-5-16-28-39)40-29-17-6-18-30-40;;;;;;;;;/h1-31,33,41-42H,32,34H2;;;;;;;;;/q+2;;;;;;;;2*-1. The Labute approximate surface area is 316 Å². The molecule has 0 heterocycles. The van der Waals surface area contributed by atoms with Crippen molar-refractivity contribution in [2.75, 3.05) is 0 Å². The minimum absolute atomic E-state index is 0.412. The number of hydrogen-bond donors (Lipinski definition) is 0. The zero-order valence-corrected chi connectivity index (χ0v) is 33.0. The first kappa shape index (κ1) is 38.8. The maximum atomic E-state index is 9.38. The quantitative estimate of drug-likeness (QED) is 0.139. The number of rotatable bonds is 10. The first-order valence-electron chi connectivity index (χ1n) is 17.0. The summed E-state index contributed by atoms with van der Waals surface area (Å²) in [5.41, 5.74) is 0.824. The van der Waals surface area contributed by atoms with Gasteiger partial charge in [-0.05, 0) is 97.8 Å². The van der Waals surface area contributed by atoms with Crippen molar-refractivity contribution in [3.63, 3.8) is 0 Å². The van der Waals surface area contributed by atoms with Gasteiger partial charge in [0.25, 0.3) is 0 Å². The molecule has 0 N–H and O–H groups in total. The third-order valence-corrected chi connectivity index (χ3v) is 21.6. The number of allylic oxidation sites excluding steroid dienone is 2. The Bertz CT molecular complexity index is 1950.